The first-order valence-electron chi connectivity index (χ1n) is 5.35. The maximum Gasteiger partial charge on any atom is 0.0683 e. The molecule has 4 aliphatic carbocycles. The van der Waals surface area contributed by atoms with Crippen LogP contribution in [0.5, 0.6) is 0 Å². The summed E-state index contributed by atoms with van der Waals surface area (Å²) in [4.78, 5) is 0. The number of aliphatic hydroxyl groups is 2. The maximum absolute atomic E-state index is 10.3. The topological polar surface area (TPSA) is 40.5 Å². The molecular weight excluding hydrogens is 164 g/mol. The third-order valence-corrected chi connectivity index (χ3v) is 4.29. The molecule has 13 heavy (non-hydrogen) atoms. The fourth-order valence-electron chi connectivity index (χ4n) is 4.81. The van der Waals surface area contributed by atoms with Crippen LogP contribution in [-0.4, -0.2) is 21.4 Å². The summed E-state index contributed by atoms with van der Waals surface area (Å²) in [5.41, 5.74) is -0.825. The van der Waals surface area contributed by atoms with Gasteiger partial charge in [0.05, 0.1) is 11.2 Å². The Morgan fingerprint density at radius 3 is 1.85 bits per heavy atom. The Labute approximate surface area is 79.0 Å². The largest absolute Gasteiger partial charge is 0.390 e. The first kappa shape index (κ1) is 8.25. The van der Waals surface area contributed by atoms with Gasteiger partial charge in [-0.1, -0.05) is 6.92 Å². The molecule has 0 amide bonds. The van der Waals surface area contributed by atoms with Crippen LogP contribution in [0.25, 0.3) is 0 Å². The summed E-state index contributed by atoms with van der Waals surface area (Å²) in [6.07, 6.45) is 5.55. The van der Waals surface area contributed by atoms with Crippen LogP contribution < -0.4 is 0 Å². The second kappa shape index (κ2) is 1.96. The number of hydrogen-bond acceptors (Lipinski definition) is 2. The van der Waals surface area contributed by atoms with Crippen LogP contribution >= 0.6 is 0 Å². The van der Waals surface area contributed by atoms with Crippen molar-refractivity contribution in [3.05, 3.63) is 0 Å². The minimum atomic E-state index is -0.525. The van der Waals surface area contributed by atoms with Crippen molar-refractivity contribution >= 4 is 0 Å². The van der Waals surface area contributed by atoms with Gasteiger partial charge in [0.2, 0.25) is 0 Å². The van der Waals surface area contributed by atoms with Gasteiger partial charge in [0.25, 0.3) is 0 Å². The average Bonchev–Trinajstić information content (AvgIpc) is 1.71. The fraction of sp³-hybridized carbons (Fsp3) is 1.00. The Bertz CT molecular complexity index is 210. The molecule has 2 unspecified atom stereocenters. The van der Waals surface area contributed by atoms with Crippen LogP contribution in [0.1, 0.15) is 45.4 Å². The molecule has 2 heteroatoms. The van der Waals surface area contributed by atoms with Crippen LogP contribution in [0.4, 0.5) is 0 Å². The standard InChI is InChI=1S/C11H18O2/c1-9-2-8-3-10(12,5-9)7-11(13,4-8)6-9/h8,12-13H,2-7H2,1H3. The van der Waals surface area contributed by atoms with Crippen LogP contribution in [0, 0.1) is 11.3 Å². The molecule has 2 atom stereocenters. The van der Waals surface area contributed by atoms with E-state index in [9.17, 15) is 10.2 Å². The molecule has 0 aromatic carbocycles. The van der Waals surface area contributed by atoms with Gasteiger partial charge in [-0.25, -0.2) is 0 Å². The van der Waals surface area contributed by atoms with Crippen molar-refractivity contribution in [1.82, 2.24) is 0 Å². The molecule has 0 heterocycles. The van der Waals surface area contributed by atoms with Gasteiger partial charge in [-0.15, -0.1) is 0 Å². The van der Waals surface area contributed by atoms with Crippen LogP contribution in [0.3, 0.4) is 0 Å². The molecule has 4 fully saturated rings. The molecule has 4 bridgehead atoms. The average molecular weight is 182 g/mol. The molecule has 0 spiro atoms. The molecule has 2 N–H and O–H groups in total. The minimum absolute atomic E-state index is 0.225. The summed E-state index contributed by atoms with van der Waals surface area (Å²) in [5.74, 6) is 0.580. The summed E-state index contributed by atoms with van der Waals surface area (Å²) in [6.45, 7) is 2.23. The van der Waals surface area contributed by atoms with Crippen LogP contribution in [-0.2, 0) is 0 Å². The molecule has 0 aromatic heterocycles. The van der Waals surface area contributed by atoms with E-state index in [1.807, 2.05) is 0 Å². The first-order chi connectivity index (χ1) is 5.91. The highest BCUT2D eigenvalue weighted by Gasteiger charge is 2.60. The highest BCUT2D eigenvalue weighted by Crippen LogP contribution is 2.62. The van der Waals surface area contributed by atoms with E-state index in [2.05, 4.69) is 6.92 Å². The van der Waals surface area contributed by atoms with Gasteiger partial charge in [-0.2, -0.15) is 0 Å². The minimum Gasteiger partial charge on any atom is -0.390 e. The predicted molar refractivity (Wildman–Crippen MR) is 49.2 cm³/mol. The van der Waals surface area contributed by atoms with Gasteiger partial charge < -0.3 is 10.2 Å². The third-order valence-electron chi connectivity index (χ3n) is 4.29. The molecular formula is C11H18O2. The van der Waals surface area contributed by atoms with Crippen molar-refractivity contribution in [1.29, 1.82) is 0 Å². The molecule has 2 nitrogen and oxygen atoms in total. The van der Waals surface area contributed by atoms with Crippen LogP contribution in [0.2, 0.25) is 0 Å². The summed E-state index contributed by atoms with van der Waals surface area (Å²) in [6, 6.07) is 0. The molecule has 0 aromatic rings. The van der Waals surface area contributed by atoms with E-state index in [0.29, 0.717) is 12.3 Å². The van der Waals surface area contributed by atoms with Gasteiger partial charge >= 0.3 is 0 Å². The van der Waals surface area contributed by atoms with Crippen molar-refractivity contribution in [2.45, 2.75) is 56.7 Å². The van der Waals surface area contributed by atoms with E-state index >= 15 is 0 Å². The van der Waals surface area contributed by atoms with Gasteiger partial charge in [0.1, 0.15) is 0 Å². The SMILES string of the molecule is CC12CC3CC(O)(C1)CC(O)(C3)C2. The lowest BCUT2D eigenvalue weighted by atomic mass is 9.47. The third kappa shape index (κ3) is 1.08. The lowest BCUT2D eigenvalue weighted by Crippen LogP contribution is -2.62. The summed E-state index contributed by atoms with van der Waals surface area (Å²) >= 11 is 0. The summed E-state index contributed by atoms with van der Waals surface area (Å²) in [7, 11) is 0. The Kier molecular flexibility index (Phi) is 1.24. The fourth-order valence-corrected chi connectivity index (χ4v) is 4.81. The molecule has 74 valence electrons. The van der Waals surface area contributed by atoms with Crippen molar-refractivity contribution < 1.29 is 10.2 Å². The van der Waals surface area contributed by atoms with E-state index in [1.165, 1.54) is 6.42 Å². The zero-order chi connectivity index (χ0) is 9.32. The van der Waals surface area contributed by atoms with E-state index < -0.39 is 11.2 Å². The first-order valence-corrected chi connectivity index (χ1v) is 5.35. The second-order valence-electron chi connectivity index (χ2n) is 6.27. The van der Waals surface area contributed by atoms with Gasteiger partial charge in [-0.05, 0) is 43.4 Å². The summed E-state index contributed by atoms with van der Waals surface area (Å²) in [5, 5.41) is 20.5. The van der Waals surface area contributed by atoms with E-state index in [-0.39, 0.29) is 5.41 Å². The second-order valence-corrected chi connectivity index (χ2v) is 6.27. The normalized spacial score (nSPS) is 64.4. The van der Waals surface area contributed by atoms with Crippen molar-refractivity contribution in [3.8, 4) is 0 Å². The maximum atomic E-state index is 10.3. The predicted octanol–water partition coefficient (Wildman–Crippen LogP) is 1.45. The molecule has 0 saturated heterocycles. The Morgan fingerprint density at radius 1 is 0.923 bits per heavy atom. The zero-order valence-corrected chi connectivity index (χ0v) is 8.21. The smallest absolute Gasteiger partial charge is 0.0683 e. The molecule has 0 radical (unpaired) electrons. The van der Waals surface area contributed by atoms with E-state index in [4.69, 9.17) is 0 Å². The van der Waals surface area contributed by atoms with Crippen molar-refractivity contribution in [2.24, 2.45) is 11.3 Å². The Morgan fingerprint density at radius 2 is 1.46 bits per heavy atom. The lowest BCUT2D eigenvalue weighted by Gasteiger charge is -2.62. The quantitative estimate of drug-likeness (QED) is 0.595. The highest BCUT2D eigenvalue weighted by atomic mass is 16.3. The molecule has 4 saturated carbocycles. The molecule has 0 aliphatic heterocycles. The number of hydrogen-bond donors (Lipinski definition) is 2. The van der Waals surface area contributed by atoms with E-state index in [1.54, 1.807) is 0 Å². The Balaban J connectivity index is 2.03. The number of rotatable bonds is 0. The van der Waals surface area contributed by atoms with Crippen LogP contribution in [0.15, 0.2) is 0 Å². The zero-order valence-electron chi connectivity index (χ0n) is 8.21. The lowest BCUT2D eigenvalue weighted by molar-refractivity contribution is -0.225. The molecule has 4 rings (SSSR count). The van der Waals surface area contributed by atoms with Crippen molar-refractivity contribution in [2.75, 3.05) is 0 Å². The van der Waals surface area contributed by atoms with Gasteiger partial charge in [-0.3, -0.25) is 0 Å². The van der Waals surface area contributed by atoms with Gasteiger partial charge in [0, 0.05) is 6.42 Å². The molecule has 4 aliphatic rings. The van der Waals surface area contributed by atoms with Crippen molar-refractivity contribution in [3.63, 3.8) is 0 Å². The monoisotopic (exact) mass is 182 g/mol. The van der Waals surface area contributed by atoms with Gasteiger partial charge in [0.15, 0.2) is 0 Å². The summed E-state index contributed by atoms with van der Waals surface area (Å²) < 4.78 is 0. The van der Waals surface area contributed by atoms with E-state index in [0.717, 1.165) is 25.7 Å². The highest BCUT2D eigenvalue weighted by molar-refractivity contribution is 5.12. The Hall–Kier alpha value is -0.0800.